The molecule has 4 nitrogen and oxygen atoms in total. The van der Waals surface area contributed by atoms with E-state index in [1.165, 1.54) is 11.3 Å². The van der Waals surface area contributed by atoms with Gasteiger partial charge in [-0.15, -0.1) is 11.3 Å². The molecule has 0 fully saturated rings. The molecule has 2 heterocycles. The summed E-state index contributed by atoms with van der Waals surface area (Å²) >= 11 is 1.50. The molecule has 0 spiro atoms. The molecule has 0 unspecified atom stereocenters. The number of thiophene rings is 1. The SMILES string of the molecule is COc1ccccc1Cn1cnc2scc(-c3ccccc3)c2c1=O. The van der Waals surface area contributed by atoms with Crippen LogP contribution in [0.1, 0.15) is 5.56 Å². The lowest BCUT2D eigenvalue weighted by Gasteiger charge is -2.10. The van der Waals surface area contributed by atoms with Gasteiger partial charge in [0.25, 0.3) is 5.56 Å². The summed E-state index contributed by atoms with van der Waals surface area (Å²) in [6.07, 6.45) is 1.61. The van der Waals surface area contributed by atoms with E-state index in [1.54, 1.807) is 18.0 Å². The van der Waals surface area contributed by atoms with Crippen molar-refractivity contribution in [1.29, 1.82) is 0 Å². The minimum Gasteiger partial charge on any atom is -0.496 e. The van der Waals surface area contributed by atoms with Gasteiger partial charge >= 0.3 is 0 Å². The second-order valence-corrected chi connectivity index (χ2v) is 6.54. The summed E-state index contributed by atoms with van der Waals surface area (Å²) in [7, 11) is 1.63. The standard InChI is InChI=1S/C20H16N2O2S/c1-24-17-10-6-5-9-15(17)11-22-13-21-19-18(20(22)23)16(12-25-19)14-7-3-2-4-8-14/h2-10,12-13H,11H2,1H3. The first-order valence-electron chi connectivity index (χ1n) is 7.92. The molecule has 124 valence electrons. The van der Waals surface area contributed by atoms with E-state index in [0.29, 0.717) is 11.9 Å². The number of benzene rings is 2. The lowest BCUT2D eigenvalue weighted by Crippen LogP contribution is -2.21. The molecule has 0 aliphatic heterocycles. The van der Waals surface area contributed by atoms with Crippen molar-refractivity contribution >= 4 is 21.6 Å². The molecule has 2 aromatic carbocycles. The molecular formula is C20H16N2O2S. The number of nitrogens with zero attached hydrogens (tertiary/aromatic N) is 2. The lowest BCUT2D eigenvalue weighted by atomic mass is 10.1. The molecule has 0 amide bonds. The number of para-hydroxylation sites is 1. The third-order valence-corrected chi connectivity index (χ3v) is 5.07. The maximum absolute atomic E-state index is 13.1. The number of aromatic nitrogens is 2. The van der Waals surface area contributed by atoms with E-state index >= 15 is 0 Å². The summed E-state index contributed by atoms with van der Waals surface area (Å²) in [5.41, 5.74) is 2.89. The summed E-state index contributed by atoms with van der Waals surface area (Å²) in [4.78, 5) is 18.3. The summed E-state index contributed by atoms with van der Waals surface area (Å²) in [6, 6.07) is 17.7. The van der Waals surface area contributed by atoms with Crippen molar-refractivity contribution in [3.05, 3.63) is 82.2 Å². The molecule has 0 saturated heterocycles. The average Bonchev–Trinajstić information content (AvgIpc) is 3.10. The topological polar surface area (TPSA) is 44.1 Å². The highest BCUT2D eigenvalue weighted by Gasteiger charge is 2.14. The molecule has 0 saturated carbocycles. The number of rotatable bonds is 4. The molecule has 0 bridgehead atoms. The maximum atomic E-state index is 13.1. The van der Waals surface area contributed by atoms with Crippen molar-refractivity contribution in [2.75, 3.05) is 7.11 Å². The largest absolute Gasteiger partial charge is 0.496 e. The predicted octanol–water partition coefficient (Wildman–Crippen LogP) is 4.18. The van der Waals surface area contributed by atoms with Crippen LogP contribution in [0, 0.1) is 0 Å². The van der Waals surface area contributed by atoms with E-state index in [-0.39, 0.29) is 5.56 Å². The van der Waals surface area contributed by atoms with E-state index < -0.39 is 0 Å². The fourth-order valence-corrected chi connectivity index (χ4v) is 3.83. The molecule has 25 heavy (non-hydrogen) atoms. The highest BCUT2D eigenvalue weighted by Crippen LogP contribution is 2.30. The van der Waals surface area contributed by atoms with Crippen LogP contribution in [0.4, 0.5) is 0 Å². The number of fused-ring (bicyclic) bond motifs is 1. The van der Waals surface area contributed by atoms with Crippen LogP contribution in [0.3, 0.4) is 0 Å². The Bertz CT molecular complexity index is 1080. The fraction of sp³-hybridized carbons (Fsp3) is 0.100. The van der Waals surface area contributed by atoms with Gasteiger partial charge in [0.1, 0.15) is 10.6 Å². The Morgan fingerprint density at radius 3 is 2.64 bits per heavy atom. The lowest BCUT2D eigenvalue weighted by molar-refractivity contribution is 0.408. The fourth-order valence-electron chi connectivity index (χ4n) is 2.93. The number of methoxy groups -OCH3 is 1. The third kappa shape index (κ3) is 2.83. The van der Waals surface area contributed by atoms with Crippen molar-refractivity contribution in [3.63, 3.8) is 0 Å². The maximum Gasteiger partial charge on any atom is 0.263 e. The second-order valence-electron chi connectivity index (χ2n) is 5.69. The van der Waals surface area contributed by atoms with Gasteiger partial charge in [0.15, 0.2) is 0 Å². The summed E-state index contributed by atoms with van der Waals surface area (Å²) in [5.74, 6) is 0.767. The number of ether oxygens (including phenoxy) is 1. The van der Waals surface area contributed by atoms with Gasteiger partial charge in [-0.1, -0.05) is 48.5 Å². The third-order valence-electron chi connectivity index (χ3n) is 4.18. The van der Waals surface area contributed by atoms with Crippen molar-refractivity contribution in [3.8, 4) is 16.9 Å². The Labute approximate surface area is 149 Å². The van der Waals surface area contributed by atoms with Gasteiger partial charge in [0, 0.05) is 16.5 Å². The van der Waals surface area contributed by atoms with Gasteiger partial charge in [-0.2, -0.15) is 0 Å². The highest BCUT2D eigenvalue weighted by molar-refractivity contribution is 7.17. The minimum atomic E-state index is -0.0315. The van der Waals surface area contributed by atoms with Gasteiger partial charge in [0.2, 0.25) is 0 Å². The minimum absolute atomic E-state index is 0.0315. The van der Waals surface area contributed by atoms with Crippen LogP contribution in [0.15, 0.2) is 71.1 Å². The monoisotopic (exact) mass is 348 g/mol. The van der Waals surface area contributed by atoms with Gasteiger partial charge in [0.05, 0.1) is 25.4 Å². The average molecular weight is 348 g/mol. The van der Waals surface area contributed by atoms with Crippen LogP contribution < -0.4 is 10.3 Å². The van der Waals surface area contributed by atoms with Crippen LogP contribution in [0.25, 0.3) is 21.3 Å². The van der Waals surface area contributed by atoms with Crippen LogP contribution in [0.2, 0.25) is 0 Å². The van der Waals surface area contributed by atoms with E-state index in [4.69, 9.17) is 4.74 Å². The zero-order valence-corrected chi connectivity index (χ0v) is 14.5. The molecule has 4 rings (SSSR count). The first kappa shape index (κ1) is 15.6. The van der Waals surface area contributed by atoms with Crippen LogP contribution in [0.5, 0.6) is 5.75 Å². The smallest absolute Gasteiger partial charge is 0.263 e. The van der Waals surface area contributed by atoms with Crippen LogP contribution >= 0.6 is 11.3 Å². The van der Waals surface area contributed by atoms with Gasteiger partial charge in [-0.3, -0.25) is 9.36 Å². The summed E-state index contributed by atoms with van der Waals surface area (Å²) in [6.45, 7) is 0.426. The molecular weight excluding hydrogens is 332 g/mol. The summed E-state index contributed by atoms with van der Waals surface area (Å²) in [5, 5.41) is 2.68. The number of hydrogen-bond acceptors (Lipinski definition) is 4. The zero-order chi connectivity index (χ0) is 17.2. The van der Waals surface area contributed by atoms with Crippen LogP contribution in [-0.4, -0.2) is 16.7 Å². The molecule has 0 atom stereocenters. The zero-order valence-electron chi connectivity index (χ0n) is 13.7. The van der Waals surface area contributed by atoms with Crippen molar-refractivity contribution in [2.45, 2.75) is 6.54 Å². The molecule has 0 aliphatic rings. The Kier molecular flexibility index (Phi) is 4.07. The van der Waals surface area contributed by atoms with Crippen molar-refractivity contribution < 1.29 is 4.74 Å². The quantitative estimate of drug-likeness (QED) is 0.556. The Balaban J connectivity index is 1.84. The van der Waals surface area contributed by atoms with Crippen molar-refractivity contribution in [2.24, 2.45) is 0 Å². The second kappa shape index (κ2) is 6.53. The first-order chi connectivity index (χ1) is 12.3. The van der Waals surface area contributed by atoms with Crippen LogP contribution in [-0.2, 0) is 6.54 Å². The molecule has 5 heteroatoms. The Morgan fingerprint density at radius 2 is 1.84 bits per heavy atom. The molecule has 2 aromatic heterocycles. The number of hydrogen-bond donors (Lipinski definition) is 0. The highest BCUT2D eigenvalue weighted by atomic mass is 32.1. The van der Waals surface area contributed by atoms with E-state index in [9.17, 15) is 4.79 Å². The molecule has 0 N–H and O–H groups in total. The molecule has 4 aromatic rings. The first-order valence-corrected chi connectivity index (χ1v) is 8.80. The Morgan fingerprint density at radius 1 is 1.08 bits per heavy atom. The molecule has 0 aliphatic carbocycles. The van der Waals surface area contributed by atoms with Gasteiger partial charge in [-0.25, -0.2) is 4.98 Å². The predicted molar refractivity (Wildman–Crippen MR) is 101 cm³/mol. The van der Waals surface area contributed by atoms with E-state index in [1.807, 2.05) is 60.0 Å². The normalized spacial score (nSPS) is 10.9. The summed E-state index contributed by atoms with van der Waals surface area (Å²) < 4.78 is 7.03. The Hall–Kier alpha value is -2.92. The van der Waals surface area contributed by atoms with Crippen molar-refractivity contribution in [1.82, 2.24) is 9.55 Å². The van der Waals surface area contributed by atoms with Gasteiger partial charge in [-0.05, 0) is 11.6 Å². The molecule has 0 radical (unpaired) electrons. The van der Waals surface area contributed by atoms with Gasteiger partial charge < -0.3 is 4.74 Å². The van der Waals surface area contributed by atoms with E-state index in [0.717, 1.165) is 27.3 Å². The van der Waals surface area contributed by atoms with E-state index in [2.05, 4.69) is 4.98 Å².